The zero-order chi connectivity index (χ0) is 18.6. The molecule has 0 aliphatic heterocycles. The molecule has 0 saturated heterocycles. The summed E-state index contributed by atoms with van der Waals surface area (Å²) < 4.78 is 6.72. The van der Waals surface area contributed by atoms with Crippen molar-refractivity contribution in [3.05, 3.63) is 82.7 Å². The third-order valence-corrected chi connectivity index (χ3v) is 4.95. The summed E-state index contributed by atoms with van der Waals surface area (Å²) in [4.78, 5) is 27.3. The minimum absolute atomic E-state index is 0.168. The first-order valence-electron chi connectivity index (χ1n) is 9.21. The highest BCUT2D eigenvalue weighted by molar-refractivity contribution is 5.92. The van der Waals surface area contributed by atoms with Crippen molar-refractivity contribution in [1.29, 1.82) is 0 Å². The summed E-state index contributed by atoms with van der Waals surface area (Å²) in [7, 11) is 0. The predicted molar refractivity (Wildman–Crippen MR) is 101 cm³/mol. The molecule has 2 aromatic heterocycles. The molecule has 138 valence electrons. The standard InChI is InChI=1S/C21H21N3O3/c25-20-13-12-19(22-24(20)17-9-2-1-3-10-17)21(26)23(16-7-4-5-8-16)15-18-11-6-14-27-18/h1-3,6,9-14,16H,4-5,7-8,15H2. The van der Waals surface area contributed by atoms with Gasteiger partial charge in [0.1, 0.15) is 11.5 Å². The van der Waals surface area contributed by atoms with Gasteiger partial charge in [-0.2, -0.15) is 9.78 Å². The second kappa shape index (κ2) is 7.61. The van der Waals surface area contributed by atoms with E-state index in [4.69, 9.17) is 4.42 Å². The average molecular weight is 363 g/mol. The summed E-state index contributed by atoms with van der Waals surface area (Å²) in [5.41, 5.74) is 0.628. The van der Waals surface area contributed by atoms with Crippen LogP contribution in [0.15, 0.2) is 70.1 Å². The first-order chi connectivity index (χ1) is 13.2. The Hall–Kier alpha value is -3.15. The number of aromatic nitrogens is 2. The Kier molecular flexibility index (Phi) is 4.87. The van der Waals surface area contributed by atoms with Crippen LogP contribution in [0.25, 0.3) is 5.69 Å². The Morgan fingerprint density at radius 3 is 2.56 bits per heavy atom. The number of rotatable bonds is 5. The molecule has 0 unspecified atom stereocenters. The molecule has 2 heterocycles. The van der Waals surface area contributed by atoms with Crippen molar-refractivity contribution in [2.45, 2.75) is 38.3 Å². The fourth-order valence-electron chi connectivity index (χ4n) is 3.58. The first kappa shape index (κ1) is 17.3. The van der Waals surface area contributed by atoms with Crippen molar-refractivity contribution in [1.82, 2.24) is 14.7 Å². The average Bonchev–Trinajstić information content (AvgIpc) is 3.41. The Bertz CT molecular complexity index is 958. The van der Waals surface area contributed by atoms with Crippen molar-refractivity contribution in [2.24, 2.45) is 0 Å². The number of amides is 1. The van der Waals surface area contributed by atoms with Gasteiger partial charge in [0.25, 0.3) is 11.5 Å². The van der Waals surface area contributed by atoms with Crippen molar-refractivity contribution in [2.75, 3.05) is 0 Å². The van der Waals surface area contributed by atoms with Gasteiger partial charge in [-0.1, -0.05) is 31.0 Å². The molecule has 4 rings (SSSR count). The van der Waals surface area contributed by atoms with Gasteiger partial charge >= 0.3 is 0 Å². The molecule has 0 radical (unpaired) electrons. The van der Waals surface area contributed by atoms with E-state index in [2.05, 4.69) is 5.10 Å². The van der Waals surface area contributed by atoms with Crippen LogP contribution >= 0.6 is 0 Å². The van der Waals surface area contributed by atoms with Gasteiger partial charge in [0.05, 0.1) is 18.5 Å². The van der Waals surface area contributed by atoms with Crippen LogP contribution in [0.1, 0.15) is 41.9 Å². The molecule has 1 saturated carbocycles. The predicted octanol–water partition coefficient (Wildman–Crippen LogP) is 3.41. The summed E-state index contributed by atoms with van der Waals surface area (Å²) in [5.74, 6) is 0.564. The van der Waals surface area contributed by atoms with E-state index < -0.39 is 0 Å². The van der Waals surface area contributed by atoms with E-state index in [1.165, 1.54) is 16.8 Å². The number of hydrogen-bond donors (Lipinski definition) is 0. The molecule has 0 spiro atoms. The molecule has 1 fully saturated rings. The van der Waals surface area contributed by atoms with Gasteiger partial charge in [0.15, 0.2) is 0 Å². The molecule has 6 nitrogen and oxygen atoms in total. The van der Waals surface area contributed by atoms with Gasteiger partial charge in [0, 0.05) is 12.1 Å². The summed E-state index contributed by atoms with van der Waals surface area (Å²) in [6.45, 7) is 0.405. The van der Waals surface area contributed by atoms with E-state index in [1.807, 2.05) is 35.2 Å². The number of furan rings is 1. The molecule has 0 N–H and O–H groups in total. The largest absolute Gasteiger partial charge is 0.467 e. The normalized spacial score (nSPS) is 14.4. The number of benzene rings is 1. The van der Waals surface area contributed by atoms with Gasteiger partial charge in [-0.05, 0) is 43.2 Å². The first-order valence-corrected chi connectivity index (χ1v) is 9.21. The van der Waals surface area contributed by atoms with Gasteiger partial charge in [-0.3, -0.25) is 9.59 Å². The molecule has 1 aromatic carbocycles. The van der Waals surface area contributed by atoms with Crippen molar-refractivity contribution in [3.63, 3.8) is 0 Å². The monoisotopic (exact) mass is 363 g/mol. The summed E-state index contributed by atoms with van der Waals surface area (Å²) in [5, 5.41) is 4.35. The molecule has 0 atom stereocenters. The van der Waals surface area contributed by atoms with Gasteiger partial charge in [-0.15, -0.1) is 0 Å². The second-order valence-electron chi connectivity index (χ2n) is 6.75. The van der Waals surface area contributed by atoms with Crippen molar-refractivity contribution in [3.8, 4) is 5.69 Å². The lowest BCUT2D eigenvalue weighted by Crippen LogP contribution is -2.39. The van der Waals surface area contributed by atoms with Crippen LogP contribution in [0, 0.1) is 0 Å². The fourth-order valence-corrected chi connectivity index (χ4v) is 3.58. The quantitative estimate of drug-likeness (QED) is 0.697. The summed E-state index contributed by atoms with van der Waals surface area (Å²) >= 11 is 0. The van der Waals surface area contributed by atoms with Crippen LogP contribution in [-0.2, 0) is 6.54 Å². The lowest BCUT2D eigenvalue weighted by molar-refractivity contribution is 0.0640. The molecule has 6 heteroatoms. The fraction of sp³-hybridized carbons (Fsp3) is 0.286. The number of hydrogen-bond acceptors (Lipinski definition) is 4. The van der Waals surface area contributed by atoms with Gasteiger partial charge in [-0.25, -0.2) is 0 Å². The smallest absolute Gasteiger partial charge is 0.274 e. The highest BCUT2D eigenvalue weighted by Gasteiger charge is 2.29. The zero-order valence-corrected chi connectivity index (χ0v) is 15.0. The molecule has 1 amide bonds. The third kappa shape index (κ3) is 3.69. The van der Waals surface area contributed by atoms with Crippen molar-refractivity contribution < 1.29 is 9.21 Å². The highest BCUT2D eigenvalue weighted by Crippen LogP contribution is 2.26. The maximum atomic E-state index is 13.3. The van der Waals surface area contributed by atoms with Crippen LogP contribution in [0.4, 0.5) is 0 Å². The number of carbonyl (C=O) groups excluding carboxylic acids is 1. The molecular weight excluding hydrogens is 342 g/mol. The Labute approximate surface area is 157 Å². The van der Waals surface area contributed by atoms with E-state index in [0.717, 1.165) is 31.4 Å². The Morgan fingerprint density at radius 1 is 1.07 bits per heavy atom. The van der Waals surface area contributed by atoms with E-state index in [-0.39, 0.29) is 23.2 Å². The van der Waals surface area contributed by atoms with Gasteiger partial charge in [0.2, 0.25) is 0 Å². The van der Waals surface area contributed by atoms with Crippen LogP contribution < -0.4 is 5.56 Å². The van der Waals surface area contributed by atoms with Gasteiger partial charge < -0.3 is 9.32 Å². The van der Waals surface area contributed by atoms with E-state index in [0.29, 0.717) is 12.2 Å². The minimum Gasteiger partial charge on any atom is -0.467 e. The van der Waals surface area contributed by atoms with E-state index in [1.54, 1.807) is 18.4 Å². The van der Waals surface area contributed by atoms with Crippen LogP contribution in [0.3, 0.4) is 0 Å². The topological polar surface area (TPSA) is 68.3 Å². The summed E-state index contributed by atoms with van der Waals surface area (Å²) in [6.07, 6.45) is 5.79. The zero-order valence-electron chi connectivity index (χ0n) is 15.0. The number of carbonyl (C=O) groups is 1. The van der Waals surface area contributed by atoms with Crippen LogP contribution in [0.5, 0.6) is 0 Å². The molecule has 1 aliphatic rings. The maximum Gasteiger partial charge on any atom is 0.274 e. The number of nitrogens with zero attached hydrogens (tertiary/aromatic N) is 3. The molecule has 0 bridgehead atoms. The lowest BCUT2D eigenvalue weighted by Gasteiger charge is -2.28. The van der Waals surface area contributed by atoms with E-state index in [9.17, 15) is 9.59 Å². The summed E-state index contributed by atoms with van der Waals surface area (Å²) in [6, 6.07) is 15.9. The molecular formula is C21H21N3O3. The SMILES string of the molecule is O=C(c1ccc(=O)n(-c2ccccc2)n1)N(Cc1ccco1)C1CCCC1. The molecule has 1 aliphatic carbocycles. The lowest BCUT2D eigenvalue weighted by atomic mass is 10.2. The Balaban J connectivity index is 1.67. The maximum absolute atomic E-state index is 13.3. The second-order valence-corrected chi connectivity index (χ2v) is 6.75. The number of para-hydroxylation sites is 1. The molecule has 3 aromatic rings. The van der Waals surface area contributed by atoms with E-state index >= 15 is 0 Å². The minimum atomic E-state index is -0.267. The third-order valence-electron chi connectivity index (χ3n) is 4.95. The van der Waals surface area contributed by atoms with Crippen LogP contribution in [0.2, 0.25) is 0 Å². The van der Waals surface area contributed by atoms with Crippen LogP contribution in [-0.4, -0.2) is 26.6 Å². The highest BCUT2D eigenvalue weighted by atomic mass is 16.3. The van der Waals surface area contributed by atoms with Crippen molar-refractivity contribution >= 4 is 5.91 Å². The molecule has 27 heavy (non-hydrogen) atoms. The Morgan fingerprint density at radius 2 is 1.85 bits per heavy atom.